The summed E-state index contributed by atoms with van der Waals surface area (Å²) >= 11 is 3.53. The van der Waals surface area contributed by atoms with Crippen LogP contribution in [-0.2, 0) is 9.53 Å². The smallest absolute Gasteiger partial charge is 0.158 e. The summed E-state index contributed by atoms with van der Waals surface area (Å²) in [6.45, 7) is 0. The summed E-state index contributed by atoms with van der Waals surface area (Å²) in [6, 6.07) is 0. The fourth-order valence-electron chi connectivity index (χ4n) is 2.48. The molecule has 0 aromatic heterocycles. The molecule has 0 aromatic carbocycles. The summed E-state index contributed by atoms with van der Waals surface area (Å²) in [5.74, 6) is 0.480. The van der Waals surface area contributed by atoms with Gasteiger partial charge in [0.25, 0.3) is 0 Å². The van der Waals surface area contributed by atoms with Gasteiger partial charge in [-0.15, -0.1) is 0 Å². The van der Waals surface area contributed by atoms with Gasteiger partial charge in [-0.2, -0.15) is 0 Å². The number of carbonyl (C=O) groups is 1. The zero-order chi connectivity index (χ0) is 8.34. The van der Waals surface area contributed by atoms with Crippen molar-refractivity contribution in [3.05, 3.63) is 12.2 Å². The van der Waals surface area contributed by atoms with Gasteiger partial charge in [0.2, 0.25) is 0 Å². The molecule has 2 heterocycles. The molecule has 0 spiro atoms. The van der Waals surface area contributed by atoms with E-state index in [4.69, 9.17) is 4.74 Å². The fourth-order valence-corrected chi connectivity index (χ4v) is 3.27. The van der Waals surface area contributed by atoms with E-state index in [0.717, 1.165) is 12.8 Å². The van der Waals surface area contributed by atoms with Gasteiger partial charge in [0.05, 0.1) is 12.2 Å². The number of ether oxygens (including phenoxy) is 1. The number of halogens is 1. The Morgan fingerprint density at radius 1 is 1.58 bits per heavy atom. The second-order valence-electron chi connectivity index (χ2n) is 3.78. The largest absolute Gasteiger partial charge is 0.364 e. The van der Waals surface area contributed by atoms with Crippen molar-refractivity contribution in [2.24, 2.45) is 5.92 Å². The quantitative estimate of drug-likeness (QED) is 0.464. The molecule has 4 bridgehead atoms. The minimum atomic E-state index is -0.374. The molecule has 1 aliphatic carbocycles. The normalized spacial score (nSPS) is 55.1. The van der Waals surface area contributed by atoms with E-state index >= 15 is 0 Å². The first kappa shape index (κ1) is 7.27. The second-order valence-corrected chi connectivity index (χ2v) is 5.19. The lowest BCUT2D eigenvalue weighted by Gasteiger charge is -2.32. The molecular weight excluding hydrogens is 220 g/mol. The van der Waals surface area contributed by atoms with Crippen LogP contribution < -0.4 is 0 Å². The van der Waals surface area contributed by atoms with Gasteiger partial charge < -0.3 is 4.74 Å². The van der Waals surface area contributed by atoms with Crippen molar-refractivity contribution in [2.45, 2.75) is 29.4 Å². The first-order valence-electron chi connectivity index (χ1n) is 4.29. The predicted octanol–water partition coefficient (Wildman–Crippen LogP) is 1.44. The molecule has 3 rings (SSSR count). The van der Waals surface area contributed by atoms with Crippen molar-refractivity contribution >= 4 is 21.7 Å². The second kappa shape index (κ2) is 2.02. The molecule has 0 radical (unpaired) electrons. The Morgan fingerprint density at radius 3 is 3.25 bits per heavy atom. The van der Waals surface area contributed by atoms with Crippen molar-refractivity contribution in [3.63, 3.8) is 0 Å². The van der Waals surface area contributed by atoms with Crippen LogP contribution in [0.2, 0.25) is 0 Å². The molecular formula is C9H9BrO2. The van der Waals surface area contributed by atoms with Crippen LogP contribution in [-0.4, -0.2) is 22.3 Å². The van der Waals surface area contributed by atoms with E-state index in [0.29, 0.717) is 5.78 Å². The predicted molar refractivity (Wildman–Crippen MR) is 47.2 cm³/mol. The van der Waals surface area contributed by atoms with Gasteiger partial charge >= 0.3 is 0 Å². The summed E-state index contributed by atoms with van der Waals surface area (Å²) in [6.07, 6.45) is 6.05. The van der Waals surface area contributed by atoms with Crippen LogP contribution in [0.15, 0.2) is 12.2 Å². The molecule has 0 unspecified atom stereocenters. The number of hydrogen-bond acceptors (Lipinski definition) is 2. The molecule has 0 aromatic rings. The maximum absolute atomic E-state index is 11.8. The Hall–Kier alpha value is -0.150. The maximum Gasteiger partial charge on any atom is 0.158 e. The highest BCUT2D eigenvalue weighted by molar-refractivity contribution is 9.10. The number of Topliss-reactive ketones (excluding diaryl/α,β-unsaturated/α-hetero) is 1. The fraction of sp³-hybridized carbons (Fsp3) is 0.667. The Balaban J connectivity index is 2.14. The molecule has 64 valence electrons. The van der Waals surface area contributed by atoms with Crippen LogP contribution >= 0.6 is 15.9 Å². The van der Waals surface area contributed by atoms with Crippen LogP contribution in [0, 0.1) is 5.92 Å². The summed E-state index contributed by atoms with van der Waals surface area (Å²) in [7, 11) is 0. The lowest BCUT2D eigenvalue weighted by Crippen LogP contribution is -2.47. The third kappa shape index (κ3) is 0.635. The van der Waals surface area contributed by atoms with Crippen molar-refractivity contribution in [3.8, 4) is 0 Å². The molecule has 12 heavy (non-hydrogen) atoms. The molecule has 2 fully saturated rings. The van der Waals surface area contributed by atoms with Crippen molar-refractivity contribution in [2.75, 3.05) is 0 Å². The van der Waals surface area contributed by atoms with Gasteiger partial charge in [-0.05, 0) is 12.8 Å². The number of alkyl halides is 1. The number of hydrogen-bond donors (Lipinski definition) is 0. The Bertz CT molecular complexity index is 286. The van der Waals surface area contributed by atoms with Crippen LogP contribution in [0.1, 0.15) is 12.8 Å². The topological polar surface area (TPSA) is 26.3 Å². The lowest BCUT2D eigenvalue weighted by molar-refractivity contribution is -0.135. The highest BCUT2D eigenvalue weighted by Gasteiger charge is 2.59. The van der Waals surface area contributed by atoms with E-state index in [2.05, 4.69) is 15.9 Å². The van der Waals surface area contributed by atoms with Crippen molar-refractivity contribution in [1.29, 1.82) is 0 Å². The lowest BCUT2D eigenvalue weighted by atomic mass is 9.94. The number of ketones is 1. The third-order valence-electron chi connectivity index (χ3n) is 3.19. The van der Waals surface area contributed by atoms with Gasteiger partial charge in [0, 0.05) is 5.92 Å². The SMILES string of the molecule is O=C1[C@H]2CC[C@]1(Br)[C@H]1C=C[C@@H]2O1. The minimum absolute atomic E-state index is 0.00579. The molecule has 2 aliphatic heterocycles. The van der Waals surface area contributed by atoms with Gasteiger partial charge in [-0.3, -0.25) is 4.79 Å². The zero-order valence-electron chi connectivity index (χ0n) is 6.50. The Kier molecular flexibility index (Phi) is 1.22. The molecule has 1 saturated heterocycles. The van der Waals surface area contributed by atoms with E-state index < -0.39 is 0 Å². The molecule has 0 amide bonds. The number of fused-ring (bicyclic) bond motifs is 6. The average molecular weight is 229 g/mol. The molecule has 3 heteroatoms. The van der Waals surface area contributed by atoms with E-state index in [1.54, 1.807) is 0 Å². The summed E-state index contributed by atoms with van der Waals surface area (Å²) in [5.41, 5.74) is 0. The van der Waals surface area contributed by atoms with E-state index in [1.165, 1.54) is 0 Å². The Morgan fingerprint density at radius 2 is 2.42 bits per heavy atom. The summed E-state index contributed by atoms with van der Waals surface area (Å²) in [5, 5.41) is 0. The monoisotopic (exact) mass is 228 g/mol. The van der Waals surface area contributed by atoms with Gasteiger partial charge in [-0.1, -0.05) is 28.1 Å². The van der Waals surface area contributed by atoms with Crippen LogP contribution in [0.3, 0.4) is 0 Å². The van der Waals surface area contributed by atoms with E-state index in [-0.39, 0.29) is 22.5 Å². The highest BCUT2D eigenvalue weighted by atomic mass is 79.9. The molecule has 4 atom stereocenters. The van der Waals surface area contributed by atoms with Gasteiger partial charge in [-0.25, -0.2) is 0 Å². The average Bonchev–Trinajstić information content (AvgIpc) is 2.53. The third-order valence-corrected chi connectivity index (χ3v) is 4.43. The van der Waals surface area contributed by atoms with Gasteiger partial charge in [0.15, 0.2) is 5.78 Å². The summed E-state index contributed by atoms with van der Waals surface area (Å²) in [4.78, 5) is 11.8. The zero-order valence-corrected chi connectivity index (χ0v) is 8.08. The van der Waals surface area contributed by atoms with Crippen LogP contribution in [0.25, 0.3) is 0 Å². The van der Waals surface area contributed by atoms with Crippen LogP contribution in [0.4, 0.5) is 0 Å². The van der Waals surface area contributed by atoms with Crippen molar-refractivity contribution < 1.29 is 9.53 Å². The Labute approximate surface area is 79.1 Å². The maximum atomic E-state index is 11.8. The van der Waals surface area contributed by atoms with Crippen molar-refractivity contribution in [1.82, 2.24) is 0 Å². The number of rotatable bonds is 0. The van der Waals surface area contributed by atoms with E-state index in [9.17, 15) is 4.79 Å². The first-order valence-corrected chi connectivity index (χ1v) is 5.08. The molecule has 2 nitrogen and oxygen atoms in total. The minimum Gasteiger partial charge on any atom is -0.364 e. The molecule has 0 N–H and O–H groups in total. The van der Waals surface area contributed by atoms with E-state index in [1.807, 2.05) is 12.2 Å². The highest BCUT2D eigenvalue weighted by Crippen LogP contribution is 2.51. The van der Waals surface area contributed by atoms with Crippen LogP contribution in [0.5, 0.6) is 0 Å². The molecule has 1 saturated carbocycles. The first-order chi connectivity index (χ1) is 5.72. The summed E-state index contributed by atoms with van der Waals surface area (Å²) < 4.78 is 5.31. The standard InChI is InChI=1S/C9H9BrO2/c10-9-4-3-5(8(9)11)6-1-2-7(9)12-6/h1-2,5-7H,3-4H2/t5-,6-,7+,9-/m0/s1. The molecule has 3 aliphatic rings. The van der Waals surface area contributed by atoms with Gasteiger partial charge in [0.1, 0.15) is 4.32 Å². The number of carbonyl (C=O) groups excluding carboxylic acids is 1.